The molecule has 0 fully saturated rings. The maximum Gasteiger partial charge on any atom is 0.229 e. The van der Waals surface area contributed by atoms with Crippen LogP contribution in [0.15, 0.2) is 47.2 Å². The van der Waals surface area contributed by atoms with E-state index in [-0.39, 0.29) is 5.92 Å². The van der Waals surface area contributed by atoms with Crippen LogP contribution in [-0.4, -0.2) is 19.9 Å². The topological polar surface area (TPSA) is 82.8 Å². The van der Waals surface area contributed by atoms with E-state index in [1.165, 1.54) is 0 Å². The van der Waals surface area contributed by atoms with Gasteiger partial charge in [-0.15, -0.1) is 0 Å². The molecule has 3 rings (SSSR count). The maximum absolute atomic E-state index is 6.18. The van der Waals surface area contributed by atoms with Crippen LogP contribution in [0.5, 0.6) is 0 Å². The van der Waals surface area contributed by atoms with Crippen LogP contribution in [0.1, 0.15) is 43.1 Å². The Balaban J connectivity index is 1.85. The minimum absolute atomic E-state index is 0.186. The molecule has 2 heterocycles. The summed E-state index contributed by atoms with van der Waals surface area (Å²) in [5.74, 6) is 1.26. The summed E-state index contributed by atoms with van der Waals surface area (Å²) in [5, 5.41) is 8.27. The van der Waals surface area contributed by atoms with Crippen molar-refractivity contribution in [2.45, 2.75) is 25.8 Å². The van der Waals surface area contributed by atoms with Gasteiger partial charge in [0.1, 0.15) is 0 Å². The molecular weight excluding hydrogens is 266 g/mol. The lowest BCUT2D eigenvalue weighted by atomic mass is 10.1. The zero-order valence-corrected chi connectivity index (χ0v) is 12.0. The molecule has 0 saturated carbocycles. The number of benzene rings is 1. The lowest BCUT2D eigenvalue weighted by Crippen LogP contribution is -2.13. The number of aromatic nitrogens is 4. The van der Waals surface area contributed by atoms with Crippen molar-refractivity contribution in [2.75, 3.05) is 0 Å². The van der Waals surface area contributed by atoms with Gasteiger partial charge in [0.25, 0.3) is 0 Å². The summed E-state index contributed by atoms with van der Waals surface area (Å²) in [6, 6.07) is 9.40. The molecule has 21 heavy (non-hydrogen) atoms. The molecule has 0 aliphatic heterocycles. The Morgan fingerprint density at radius 1 is 1.19 bits per heavy atom. The molecule has 0 amide bonds. The molecule has 1 aromatic carbocycles. The molecule has 0 bridgehead atoms. The Bertz CT molecular complexity index is 717. The van der Waals surface area contributed by atoms with E-state index in [1.54, 1.807) is 10.9 Å². The van der Waals surface area contributed by atoms with Gasteiger partial charge in [0.15, 0.2) is 5.82 Å². The van der Waals surface area contributed by atoms with Gasteiger partial charge in [-0.1, -0.05) is 37.2 Å². The zero-order valence-electron chi connectivity index (χ0n) is 12.0. The predicted molar refractivity (Wildman–Crippen MR) is 78.0 cm³/mol. The van der Waals surface area contributed by atoms with Crippen molar-refractivity contribution < 1.29 is 4.52 Å². The molecule has 0 aliphatic rings. The summed E-state index contributed by atoms with van der Waals surface area (Å²) in [6.45, 7) is 3.99. The molecule has 1 atom stereocenters. The van der Waals surface area contributed by atoms with Crippen LogP contribution in [0.4, 0.5) is 0 Å². The highest BCUT2D eigenvalue weighted by Crippen LogP contribution is 2.20. The second kappa shape index (κ2) is 5.49. The lowest BCUT2D eigenvalue weighted by Gasteiger charge is -2.03. The third-order valence-corrected chi connectivity index (χ3v) is 3.21. The normalized spacial score (nSPS) is 12.8. The Hall–Kier alpha value is -2.47. The van der Waals surface area contributed by atoms with Gasteiger partial charge >= 0.3 is 0 Å². The van der Waals surface area contributed by atoms with E-state index < -0.39 is 6.04 Å². The highest BCUT2D eigenvalue weighted by atomic mass is 16.5. The Morgan fingerprint density at radius 3 is 2.62 bits per heavy atom. The molecule has 0 spiro atoms. The molecule has 108 valence electrons. The monoisotopic (exact) mass is 283 g/mol. The molecule has 0 aliphatic carbocycles. The van der Waals surface area contributed by atoms with Crippen molar-refractivity contribution in [2.24, 2.45) is 5.73 Å². The second-order valence-electron chi connectivity index (χ2n) is 5.18. The van der Waals surface area contributed by atoms with Gasteiger partial charge in [-0.2, -0.15) is 10.1 Å². The van der Waals surface area contributed by atoms with E-state index in [0.717, 1.165) is 11.3 Å². The number of rotatable bonds is 4. The van der Waals surface area contributed by atoms with Crippen molar-refractivity contribution in [3.05, 3.63) is 60.0 Å². The predicted octanol–water partition coefficient (Wildman–Crippen LogP) is 2.43. The SMILES string of the molecule is CC(C)c1nc(C(N)c2cnn(-c3ccccc3)c2)no1. The molecule has 6 heteroatoms. The summed E-state index contributed by atoms with van der Waals surface area (Å²) in [6.07, 6.45) is 3.61. The number of para-hydroxylation sites is 1. The van der Waals surface area contributed by atoms with Crippen molar-refractivity contribution in [1.29, 1.82) is 0 Å². The van der Waals surface area contributed by atoms with Crippen LogP contribution in [-0.2, 0) is 0 Å². The average Bonchev–Trinajstić information content (AvgIpc) is 3.17. The molecule has 3 aromatic rings. The summed E-state index contributed by atoms with van der Waals surface area (Å²) < 4.78 is 6.97. The second-order valence-corrected chi connectivity index (χ2v) is 5.18. The highest BCUT2D eigenvalue weighted by Gasteiger charge is 2.19. The van der Waals surface area contributed by atoms with Crippen LogP contribution in [0.25, 0.3) is 5.69 Å². The van der Waals surface area contributed by atoms with Gasteiger partial charge in [0.2, 0.25) is 5.89 Å². The first-order valence-electron chi connectivity index (χ1n) is 6.84. The molecule has 0 radical (unpaired) electrons. The van der Waals surface area contributed by atoms with E-state index >= 15 is 0 Å². The van der Waals surface area contributed by atoms with Crippen molar-refractivity contribution in [3.8, 4) is 5.69 Å². The molecule has 0 saturated heterocycles. The van der Waals surface area contributed by atoms with E-state index in [4.69, 9.17) is 10.3 Å². The van der Waals surface area contributed by atoms with Gasteiger partial charge in [-0.3, -0.25) is 0 Å². The molecule has 6 nitrogen and oxygen atoms in total. The fourth-order valence-corrected chi connectivity index (χ4v) is 1.98. The van der Waals surface area contributed by atoms with E-state index in [1.807, 2.05) is 50.4 Å². The first kappa shape index (κ1) is 13.5. The van der Waals surface area contributed by atoms with Crippen LogP contribution in [0, 0.1) is 0 Å². The van der Waals surface area contributed by atoms with Crippen molar-refractivity contribution >= 4 is 0 Å². The number of hydrogen-bond acceptors (Lipinski definition) is 5. The van der Waals surface area contributed by atoms with E-state index in [2.05, 4.69) is 15.2 Å². The Kier molecular flexibility index (Phi) is 3.53. The Morgan fingerprint density at radius 2 is 1.95 bits per heavy atom. The molecule has 2 N–H and O–H groups in total. The first-order chi connectivity index (χ1) is 10.1. The number of nitrogens with zero attached hydrogens (tertiary/aromatic N) is 4. The van der Waals surface area contributed by atoms with Gasteiger partial charge in [0.05, 0.1) is 17.9 Å². The summed E-state index contributed by atoms with van der Waals surface area (Å²) in [5.41, 5.74) is 8.00. The fraction of sp³-hybridized carbons (Fsp3) is 0.267. The third-order valence-electron chi connectivity index (χ3n) is 3.21. The Labute approximate surface area is 122 Å². The van der Waals surface area contributed by atoms with Crippen molar-refractivity contribution in [3.63, 3.8) is 0 Å². The van der Waals surface area contributed by atoms with Crippen LogP contribution in [0.2, 0.25) is 0 Å². The standard InChI is InChI=1S/C15H17N5O/c1-10(2)15-18-14(19-21-15)13(16)11-8-17-20(9-11)12-6-4-3-5-7-12/h3-10,13H,16H2,1-2H3. The fourth-order valence-electron chi connectivity index (χ4n) is 1.98. The van der Waals surface area contributed by atoms with Crippen LogP contribution in [0.3, 0.4) is 0 Å². The lowest BCUT2D eigenvalue weighted by molar-refractivity contribution is 0.359. The zero-order chi connectivity index (χ0) is 14.8. The smallest absolute Gasteiger partial charge is 0.229 e. The van der Waals surface area contributed by atoms with Crippen LogP contribution < -0.4 is 5.73 Å². The van der Waals surface area contributed by atoms with Crippen LogP contribution >= 0.6 is 0 Å². The quantitative estimate of drug-likeness (QED) is 0.795. The third kappa shape index (κ3) is 2.71. The van der Waals surface area contributed by atoms with Gasteiger partial charge in [-0.25, -0.2) is 4.68 Å². The highest BCUT2D eigenvalue weighted by molar-refractivity contribution is 5.32. The van der Waals surface area contributed by atoms with Gasteiger partial charge in [-0.05, 0) is 12.1 Å². The largest absolute Gasteiger partial charge is 0.339 e. The summed E-state index contributed by atoms with van der Waals surface area (Å²) in [7, 11) is 0. The minimum Gasteiger partial charge on any atom is -0.339 e. The summed E-state index contributed by atoms with van der Waals surface area (Å²) >= 11 is 0. The van der Waals surface area contributed by atoms with Gasteiger partial charge < -0.3 is 10.3 Å². The molecule has 2 aromatic heterocycles. The maximum atomic E-state index is 6.18. The summed E-state index contributed by atoms with van der Waals surface area (Å²) in [4.78, 5) is 4.33. The van der Waals surface area contributed by atoms with E-state index in [9.17, 15) is 0 Å². The molecule has 1 unspecified atom stereocenters. The van der Waals surface area contributed by atoms with E-state index in [0.29, 0.717) is 11.7 Å². The average molecular weight is 283 g/mol. The molecular formula is C15H17N5O. The van der Waals surface area contributed by atoms with Gasteiger partial charge in [0, 0.05) is 17.7 Å². The van der Waals surface area contributed by atoms with Crippen molar-refractivity contribution in [1.82, 2.24) is 19.9 Å². The first-order valence-corrected chi connectivity index (χ1v) is 6.84. The minimum atomic E-state index is -0.446. The number of hydrogen-bond donors (Lipinski definition) is 1. The number of nitrogens with two attached hydrogens (primary N) is 1.